The molecule has 0 fully saturated rings. The summed E-state index contributed by atoms with van der Waals surface area (Å²) < 4.78 is 1.10. The highest BCUT2D eigenvalue weighted by Crippen LogP contribution is 2.10. The Hall–Kier alpha value is -0.120. The lowest BCUT2D eigenvalue weighted by Crippen LogP contribution is -1.87. The topological polar surface area (TPSA) is 12.9 Å². The standard InChI is InChI=1S/C7H8IN/c1-5-3-4-9-7(8)6(5)2/h3-4H,1-2H3. The lowest BCUT2D eigenvalue weighted by molar-refractivity contribution is 1.17. The summed E-state index contributed by atoms with van der Waals surface area (Å²) in [5.41, 5.74) is 2.60. The second-order valence-electron chi connectivity index (χ2n) is 2.04. The van der Waals surface area contributed by atoms with Crippen molar-refractivity contribution in [1.82, 2.24) is 4.98 Å². The molecule has 48 valence electrons. The molecule has 0 saturated carbocycles. The van der Waals surface area contributed by atoms with Gasteiger partial charge in [0.15, 0.2) is 0 Å². The molecule has 0 aromatic carbocycles. The molecule has 0 spiro atoms. The molecule has 2 heteroatoms. The summed E-state index contributed by atoms with van der Waals surface area (Å²) in [5.74, 6) is 0. The second-order valence-corrected chi connectivity index (χ2v) is 3.07. The SMILES string of the molecule is Cc1ccnc(I)c1C. The Bertz CT molecular complexity index is 200. The van der Waals surface area contributed by atoms with Crippen LogP contribution in [0.4, 0.5) is 0 Å². The Kier molecular flexibility index (Phi) is 2.05. The number of aryl methyl sites for hydroxylation is 1. The smallest absolute Gasteiger partial charge is 0.104 e. The van der Waals surface area contributed by atoms with Gasteiger partial charge < -0.3 is 0 Å². The Morgan fingerprint density at radius 3 is 2.56 bits per heavy atom. The van der Waals surface area contributed by atoms with Gasteiger partial charge >= 0.3 is 0 Å². The molecule has 1 rings (SSSR count). The van der Waals surface area contributed by atoms with Gasteiger partial charge in [0.05, 0.1) is 0 Å². The van der Waals surface area contributed by atoms with Crippen molar-refractivity contribution in [2.75, 3.05) is 0 Å². The molecule has 1 heterocycles. The molecule has 9 heavy (non-hydrogen) atoms. The van der Waals surface area contributed by atoms with Gasteiger partial charge in [-0.3, -0.25) is 4.98 Å². The van der Waals surface area contributed by atoms with Gasteiger partial charge in [0.1, 0.15) is 3.70 Å². The number of rotatable bonds is 0. The van der Waals surface area contributed by atoms with Crippen molar-refractivity contribution in [2.24, 2.45) is 0 Å². The van der Waals surface area contributed by atoms with Crippen molar-refractivity contribution in [3.05, 3.63) is 27.1 Å². The summed E-state index contributed by atoms with van der Waals surface area (Å²) in [5, 5.41) is 0. The van der Waals surface area contributed by atoms with Gasteiger partial charge in [-0.2, -0.15) is 0 Å². The first kappa shape index (κ1) is 6.99. The van der Waals surface area contributed by atoms with E-state index in [0.717, 1.165) is 3.70 Å². The zero-order valence-electron chi connectivity index (χ0n) is 5.48. The van der Waals surface area contributed by atoms with Crippen LogP contribution in [-0.4, -0.2) is 4.98 Å². The molecule has 0 aliphatic heterocycles. The highest BCUT2D eigenvalue weighted by Gasteiger charge is 1.95. The number of hydrogen-bond acceptors (Lipinski definition) is 1. The van der Waals surface area contributed by atoms with Crippen LogP contribution in [0, 0.1) is 17.5 Å². The van der Waals surface area contributed by atoms with Gasteiger partial charge in [0, 0.05) is 6.20 Å². The van der Waals surface area contributed by atoms with Crippen molar-refractivity contribution in [2.45, 2.75) is 13.8 Å². The highest BCUT2D eigenvalue weighted by molar-refractivity contribution is 14.1. The number of nitrogens with zero attached hydrogens (tertiary/aromatic N) is 1. The van der Waals surface area contributed by atoms with Crippen LogP contribution in [0.2, 0.25) is 0 Å². The van der Waals surface area contributed by atoms with E-state index in [-0.39, 0.29) is 0 Å². The summed E-state index contributed by atoms with van der Waals surface area (Å²) in [6.45, 7) is 4.18. The fraction of sp³-hybridized carbons (Fsp3) is 0.286. The minimum Gasteiger partial charge on any atom is -0.250 e. The van der Waals surface area contributed by atoms with E-state index in [0.29, 0.717) is 0 Å². The fourth-order valence-electron chi connectivity index (χ4n) is 0.599. The van der Waals surface area contributed by atoms with Crippen molar-refractivity contribution in [1.29, 1.82) is 0 Å². The molecule has 1 nitrogen and oxygen atoms in total. The number of hydrogen-bond donors (Lipinski definition) is 0. The molecule has 1 aromatic heterocycles. The van der Waals surface area contributed by atoms with Crippen LogP contribution in [0.1, 0.15) is 11.1 Å². The first-order valence-electron chi connectivity index (χ1n) is 2.79. The van der Waals surface area contributed by atoms with Gasteiger partial charge in [-0.15, -0.1) is 0 Å². The van der Waals surface area contributed by atoms with E-state index in [2.05, 4.69) is 41.4 Å². The molecule has 0 amide bonds. The molecule has 0 N–H and O–H groups in total. The maximum Gasteiger partial charge on any atom is 0.104 e. The average molecular weight is 233 g/mol. The van der Waals surface area contributed by atoms with Crippen LogP contribution < -0.4 is 0 Å². The normalized spacial score (nSPS) is 9.67. The highest BCUT2D eigenvalue weighted by atomic mass is 127. The Morgan fingerprint density at radius 1 is 1.44 bits per heavy atom. The fourth-order valence-corrected chi connectivity index (χ4v) is 1.19. The summed E-state index contributed by atoms with van der Waals surface area (Å²) in [4.78, 5) is 4.13. The zero-order valence-corrected chi connectivity index (χ0v) is 7.64. The predicted molar refractivity (Wildman–Crippen MR) is 46.4 cm³/mol. The molecule has 0 aliphatic carbocycles. The maximum absolute atomic E-state index is 4.13. The third-order valence-electron chi connectivity index (χ3n) is 1.41. The van der Waals surface area contributed by atoms with Gasteiger partial charge in [-0.1, -0.05) is 0 Å². The molecule has 0 atom stereocenters. The molecular weight excluding hydrogens is 225 g/mol. The van der Waals surface area contributed by atoms with E-state index < -0.39 is 0 Å². The van der Waals surface area contributed by atoms with Gasteiger partial charge in [-0.25, -0.2) is 0 Å². The van der Waals surface area contributed by atoms with Gasteiger partial charge in [0.2, 0.25) is 0 Å². The minimum absolute atomic E-state index is 1.10. The molecule has 0 unspecified atom stereocenters. The molecule has 0 bridgehead atoms. The van der Waals surface area contributed by atoms with Crippen molar-refractivity contribution < 1.29 is 0 Å². The van der Waals surface area contributed by atoms with Crippen LogP contribution in [0.3, 0.4) is 0 Å². The third kappa shape index (κ3) is 1.41. The average Bonchev–Trinajstić information content (AvgIpc) is 1.83. The Balaban J connectivity index is 3.25. The zero-order chi connectivity index (χ0) is 6.85. The first-order valence-corrected chi connectivity index (χ1v) is 3.87. The van der Waals surface area contributed by atoms with Crippen LogP contribution in [0.25, 0.3) is 0 Å². The molecular formula is C7H8IN. The lowest BCUT2D eigenvalue weighted by atomic mass is 10.2. The van der Waals surface area contributed by atoms with E-state index in [1.807, 2.05) is 12.3 Å². The largest absolute Gasteiger partial charge is 0.250 e. The van der Waals surface area contributed by atoms with Gasteiger partial charge in [-0.05, 0) is 53.6 Å². The number of halogens is 1. The summed E-state index contributed by atoms with van der Waals surface area (Å²) in [6.07, 6.45) is 1.84. The summed E-state index contributed by atoms with van der Waals surface area (Å²) in [6, 6.07) is 2.03. The van der Waals surface area contributed by atoms with E-state index in [9.17, 15) is 0 Å². The quantitative estimate of drug-likeness (QED) is 0.495. The van der Waals surface area contributed by atoms with Crippen LogP contribution in [0.5, 0.6) is 0 Å². The maximum atomic E-state index is 4.13. The predicted octanol–water partition coefficient (Wildman–Crippen LogP) is 2.30. The van der Waals surface area contributed by atoms with Crippen LogP contribution in [-0.2, 0) is 0 Å². The lowest BCUT2D eigenvalue weighted by Gasteiger charge is -1.98. The van der Waals surface area contributed by atoms with Crippen molar-refractivity contribution >= 4 is 22.6 Å². The minimum atomic E-state index is 1.10. The van der Waals surface area contributed by atoms with Crippen molar-refractivity contribution in [3.63, 3.8) is 0 Å². The Morgan fingerprint density at radius 2 is 2.11 bits per heavy atom. The molecule has 0 saturated heterocycles. The molecule has 0 radical (unpaired) electrons. The second kappa shape index (κ2) is 2.64. The van der Waals surface area contributed by atoms with E-state index in [1.165, 1.54) is 11.1 Å². The van der Waals surface area contributed by atoms with Crippen LogP contribution >= 0.6 is 22.6 Å². The Labute approximate surface area is 68.6 Å². The van der Waals surface area contributed by atoms with Crippen LogP contribution in [0.15, 0.2) is 12.3 Å². The number of pyridine rings is 1. The van der Waals surface area contributed by atoms with E-state index >= 15 is 0 Å². The summed E-state index contributed by atoms with van der Waals surface area (Å²) in [7, 11) is 0. The van der Waals surface area contributed by atoms with E-state index in [1.54, 1.807) is 0 Å². The monoisotopic (exact) mass is 233 g/mol. The van der Waals surface area contributed by atoms with Gasteiger partial charge in [0.25, 0.3) is 0 Å². The first-order chi connectivity index (χ1) is 4.22. The summed E-state index contributed by atoms with van der Waals surface area (Å²) >= 11 is 2.24. The van der Waals surface area contributed by atoms with Crippen molar-refractivity contribution in [3.8, 4) is 0 Å². The van der Waals surface area contributed by atoms with E-state index in [4.69, 9.17) is 0 Å². The third-order valence-corrected chi connectivity index (χ3v) is 2.50. The molecule has 1 aromatic rings. The number of aromatic nitrogens is 1. The molecule has 0 aliphatic rings.